The van der Waals surface area contributed by atoms with Gasteiger partial charge in [-0.1, -0.05) is 19.3 Å². The quantitative estimate of drug-likeness (QED) is 0.677. The molecule has 0 amide bonds. The standard InChI is InChI=1S/C18H30N2O4S/c1-20(15-8-5-4-6-9-15)13-7-12-19-25(21,22)16-10-11-17(23-2)18(14-16)24-3/h10-11,14-15,19H,4-9,12-13H2,1-3H3. The molecule has 1 fully saturated rings. The SMILES string of the molecule is COc1ccc(S(=O)(=O)NCCCN(C)C2CCCCC2)cc1OC. The molecular weight excluding hydrogens is 340 g/mol. The highest BCUT2D eigenvalue weighted by atomic mass is 32.2. The van der Waals surface area contributed by atoms with Gasteiger partial charge in [0.05, 0.1) is 19.1 Å². The van der Waals surface area contributed by atoms with E-state index in [1.165, 1.54) is 58.5 Å². The van der Waals surface area contributed by atoms with Crippen LogP contribution in [0.4, 0.5) is 0 Å². The van der Waals surface area contributed by atoms with E-state index in [4.69, 9.17) is 9.47 Å². The fourth-order valence-electron chi connectivity index (χ4n) is 3.31. The maximum Gasteiger partial charge on any atom is 0.240 e. The summed E-state index contributed by atoms with van der Waals surface area (Å²) in [6.07, 6.45) is 7.26. The number of methoxy groups -OCH3 is 2. The first-order chi connectivity index (χ1) is 12.0. The Morgan fingerprint density at radius 2 is 1.80 bits per heavy atom. The number of hydrogen-bond donors (Lipinski definition) is 1. The second kappa shape index (κ2) is 9.40. The number of ether oxygens (including phenoxy) is 2. The third kappa shape index (κ3) is 5.59. The zero-order chi connectivity index (χ0) is 18.3. The van der Waals surface area contributed by atoms with Crippen LogP contribution in [0, 0.1) is 0 Å². The van der Waals surface area contributed by atoms with Gasteiger partial charge in [0.25, 0.3) is 0 Å². The molecule has 0 aliphatic heterocycles. The number of sulfonamides is 1. The van der Waals surface area contributed by atoms with Crippen LogP contribution in [0.3, 0.4) is 0 Å². The third-order valence-corrected chi connectivity index (χ3v) is 6.30. The van der Waals surface area contributed by atoms with Crippen molar-refractivity contribution in [3.8, 4) is 11.5 Å². The second-order valence-electron chi connectivity index (χ2n) is 6.54. The summed E-state index contributed by atoms with van der Waals surface area (Å²) >= 11 is 0. The predicted molar refractivity (Wildman–Crippen MR) is 98.9 cm³/mol. The van der Waals surface area contributed by atoms with Crippen molar-refractivity contribution in [3.63, 3.8) is 0 Å². The Kier molecular flexibility index (Phi) is 7.53. The number of rotatable bonds is 9. The molecule has 7 heteroatoms. The fourth-order valence-corrected chi connectivity index (χ4v) is 4.40. The summed E-state index contributed by atoms with van der Waals surface area (Å²) in [4.78, 5) is 2.55. The molecule has 0 aromatic heterocycles. The normalized spacial score (nSPS) is 16.2. The fraction of sp³-hybridized carbons (Fsp3) is 0.667. The lowest BCUT2D eigenvalue weighted by molar-refractivity contribution is 0.190. The lowest BCUT2D eigenvalue weighted by Gasteiger charge is -2.31. The molecule has 0 saturated heterocycles. The van der Waals surface area contributed by atoms with Crippen LogP contribution in [0.5, 0.6) is 11.5 Å². The van der Waals surface area contributed by atoms with Gasteiger partial charge in [-0.15, -0.1) is 0 Å². The first-order valence-electron chi connectivity index (χ1n) is 8.90. The van der Waals surface area contributed by atoms with Gasteiger partial charge < -0.3 is 14.4 Å². The molecule has 1 aliphatic carbocycles. The molecule has 1 saturated carbocycles. The summed E-state index contributed by atoms with van der Waals surface area (Å²) in [5, 5.41) is 0. The molecule has 1 N–H and O–H groups in total. The highest BCUT2D eigenvalue weighted by molar-refractivity contribution is 7.89. The Balaban J connectivity index is 1.84. The van der Waals surface area contributed by atoms with Crippen molar-refractivity contribution >= 4 is 10.0 Å². The monoisotopic (exact) mass is 370 g/mol. The summed E-state index contributed by atoms with van der Waals surface area (Å²) in [6, 6.07) is 5.26. The molecule has 1 aromatic rings. The largest absolute Gasteiger partial charge is 0.493 e. The molecule has 142 valence electrons. The molecule has 0 unspecified atom stereocenters. The van der Waals surface area contributed by atoms with Crippen molar-refractivity contribution in [1.82, 2.24) is 9.62 Å². The van der Waals surface area contributed by atoms with Crippen molar-refractivity contribution in [2.75, 3.05) is 34.4 Å². The van der Waals surface area contributed by atoms with Crippen molar-refractivity contribution in [2.24, 2.45) is 0 Å². The molecule has 1 aliphatic rings. The van der Waals surface area contributed by atoms with Crippen LogP contribution < -0.4 is 14.2 Å². The Labute approximate surface area is 151 Å². The van der Waals surface area contributed by atoms with E-state index < -0.39 is 10.0 Å². The maximum atomic E-state index is 12.4. The van der Waals surface area contributed by atoms with Crippen LogP contribution in [0.1, 0.15) is 38.5 Å². The molecule has 0 spiro atoms. The van der Waals surface area contributed by atoms with E-state index in [9.17, 15) is 8.42 Å². The Morgan fingerprint density at radius 1 is 1.12 bits per heavy atom. The van der Waals surface area contributed by atoms with Gasteiger partial charge in [0.15, 0.2) is 11.5 Å². The summed E-state index contributed by atoms with van der Waals surface area (Å²) in [5.41, 5.74) is 0. The predicted octanol–water partition coefficient (Wildman–Crippen LogP) is 2.64. The van der Waals surface area contributed by atoms with E-state index in [-0.39, 0.29) is 4.90 Å². The van der Waals surface area contributed by atoms with Crippen LogP contribution in [0.25, 0.3) is 0 Å². The minimum absolute atomic E-state index is 0.186. The lowest BCUT2D eigenvalue weighted by Crippen LogP contribution is -2.35. The van der Waals surface area contributed by atoms with Crippen molar-refractivity contribution in [3.05, 3.63) is 18.2 Å². The van der Waals surface area contributed by atoms with E-state index >= 15 is 0 Å². The Hall–Kier alpha value is -1.31. The third-order valence-electron chi connectivity index (χ3n) is 4.84. The van der Waals surface area contributed by atoms with Gasteiger partial charge >= 0.3 is 0 Å². The molecule has 0 bridgehead atoms. The Bertz CT molecular complexity index is 642. The zero-order valence-electron chi connectivity index (χ0n) is 15.5. The van der Waals surface area contributed by atoms with Gasteiger partial charge in [-0.3, -0.25) is 0 Å². The second-order valence-corrected chi connectivity index (χ2v) is 8.31. The van der Waals surface area contributed by atoms with Gasteiger partial charge in [0.2, 0.25) is 10.0 Å². The van der Waals surface area contributed by atoms with Gasteiger partial charge in [0, 0.05) is 18.7 Å². The van der Waals surface area contributed by atoms with Crippen LogP contribution in [-0.2, 0) is 10.0 Å². The smallest absolute Gasteiger partial charge is 0.240 e. The topological polar surface area (TPSA) is 67.9 Å². The van der Waals surface area contributed by atoms with Gasteiger partial charge in [-0.25, -0.2) is 13.1 Å². The van der Waals surface area contributed by atoms with Gasteiger partial charge in [-0.05, 0) is 45.0 Å². The highest BCUT2D eigenvalue weighted by Crippen LogP contribution is 2.29. The molecule has 0 radical (unpaired) electrons. The summed E-state index contributed by atoms with van der Waals surface area (Å²) in [7, 11) is 1.60. The average Bonchev–Trinajstić information content (AvgIpc) is 2.65. The van der Waals surface area contributed by atoms with E-state index in [2.05, 4.69) is 16.7 Å². The van der Waals surface area contributed by atoms with Crippen molar-refractivity contribution in [2.45, 2.75) is 49.5 Å². The molecule has 2 rings (SSSR count). The van der Waals surface area contributed by atoms with Crippen molar-refractivity contribution in [1.29, 1.82) is 0 Å². The van der Waals surface area contributed by atoms with E-state index in [1.54, 1.807) is 6.07 Å². The lowest BCUT2D eigenvalue weighted by atomic mass is 9.94. The number of nitrogens with zero attached hydrogens (tertiary/aromatic N) is 1. The molecule has 0 heterocycles. The van der Waals surface area contributed by atoms with E-state index in [0.29, 0.717) is 24.1 Å². The highest BCUT2D eigenvalue weighted by Gasteiger charge is 2.19. The molecular formula is C18H30N2O4S. The number of benzene rings is 1. The van der Waals surface area contributed by atoms with Crippen LogP contribution in [0.15, 0.2) is 23.1 Å². The maximum absolute atomic E-state index is 12.4. The zero-order valence-corrected chi connectivity index (χ0v) is 16.3. The van der Waals surface area contributed by atoms with Crippen LogP contribution in [0.2, 0.25) is 0 Å². The summed E-state index contributed by atoms with van der Waals surface area (Å²) in [6.45, 7) is 1.33. The first kappa shape index (κ1) is 20.0. The molecule has 1 aromatic carbocycles. The summed E-state index contributed by atoms with van der Waals surface area (Å²) in [5.74, 6) is 0.915. The average molecular weight is 371 g/mol. The number of hydrogen-bond acceptors (Lipinski definition) is 5. The van der Waals surface area contributed by atoms with E-state index in [1.807, 2.05) is 0 Å². The summed E-state index contributed by atoms with van der Waals surface area (Å²) < 4.78 is 37.8. The van der Waals surface area contributed by atoms with Crippen LogP contribution in [-0.4, -0.2) is 53.7 Å². The van der Waals surface area contributed by atoms with Gasteiger partial charge in [0.1, 0.15) is 0 Å². The first-order valence-corrected chi connectivity index (χ1v) is 10.4. The molecule has 25 heavy (non-hydrogen) atoms. The minimum Gasteiger partial charge on any atom is -0.493 e. The van der Waals surface area contributed by atoms with Gasteiger partial charge in [-0.2, -0.15) is 0 Å². The van der Waals surface area contributed by atoms with Crippen LogP contribution >= 0.6 is 0 Å². The minimum atomic E-state index is -3.54. The molecule has 6 nitrogen and oxygen atoms in total. The number of nitrogens with one attached hydrogen (secondary N) is 1. The van der Waals surface area contributed by atoms with E-state index in [0.717, 1.165) is 13.0 Å². The Morgan fingerprint density at radius 3 is 2.44 bits per heavy atom. The van der Waals surface area contributed by atoms with Crippen molar-refractivity contribution < 1.29 is 17.9 Å². The molecule has 0 atom stereocenters.